The first-order valence-corrected chi connectivity index (χ1v) is 9.22. The van der Waals surface area contributed by atoms with Crippen LogP contribution in [-0.2, 0) is 11.3 Å². The van der Waals surface area contributed by atoms with Gasteiger partial charge < -0.3 is 10.1 Å². The molecule has 0 bridgehead atoms. The molecule has 8 heteroatoms. The largest absolute Gasteiger partial charge is 0.461 e. The summed E-state index contributed by atoms with van der Waals surface area (Å²) in [6.45, 7) is 2.35. The second-order valence-corrected chi connectivity index (χ2v) is 6.52. The van der Waals surface area contributed by atoms with Gasteiger partial charge in [0.1, 0.15) is 11.6 Å². The van der Waals surface area contributed by atoms with Crippen LogP contribution >= 0.6 is 0 Å². The molecule has 1 atom stereocenters. The maximum absolute atomic E-state index is 13.2. The summed E-state index contributed by atoms with van der Waals surface area (Å²) in [7, 11) is 0. The van der Waals surface area contributed by atoms with Crippen LogP contribution in [0.4, 0.5) is 20.7 Å². The number of hydrogen-bond donors (Lipinski definition) is 1. The SMILES string of the molecule is CCOC(=O)c1cc2n(n1)CC(c1ccccc1)N2C(=O)Nc1ccc(F)cc1. The number of esters is 1. The van der Waals surface area contributed by atoms with E-state index in [-0.39, 0.29) is 24.2 Å². The van der Waals surface area contributed by atoms with Gasteiger partial charge in [0.05, 0.1) is 19.2 Å². The average molecular weight is 394 g/mol. The third-order valence-electron chi connectivity index (χ3n) is 4.65. The lowest BCUT2D eigenvalue weighted by Gasteiger charge is -2.24. The predicted octanol–water partition coefficient (Wildman–Crippen LogP) is 3.99. The summed E-state index contributed by atoms with van der Waals surface area (Å²) in [6.07, 6.45) is 0. The van der Waals surface area contributed by atoms with Crippen molar-refractivity contribution >= 4 is 23.5 Å². The molecular formula is C21H19FN4O3. The van der Waals surface area contributed by atoms with E-state index in [9.17, 15) is 14.0 Å². The van der Waals surface area contributed by atoms with Gasteiger partial charge in [-0.3, -0.25) is 4.90 Å². The third kappa shape index (κ3) is 3.69. The second kappa shape index (κ2) is 7.75. The number of carbonyl (C=O) groups excluding carboxylic acids is 2. The number of amides is 2. The van der Waals surface area contributed by atoms with E-state index in [1.165, 1.54) is 24.3 Å². The molecule has 2 aromatic carbocycles. The Hall–Kier alpha value is -3.68. The quantitative estimate of drug-likeness (QED) is 0.679. The van der Waals surface area contributed by atoms with E-state index in [4.69, 9.17) is 4.74 Å². The average Bonchev–Trinajstić information content (AvgIpc) is 3.28. The number of urea groups is 1. The van der Waals surface area contributed by atoms with E-state index in [1.807, 2.05) is 30.3 Å². The monoisotopic (exact) mass is 394 g/mol. The van der Waals surface area contributed by atoms with Crippen LogP contribution in [0, 0.1) is 5.82 Å². The molecule has 0 aliphatic carbocycles. The molecule has 0 radical (unpaired) electrons. The number of benzene rings is 2. The van der Waals surface area contributed by atoms with Gasteiger partial charge in [-0.1, -0.05) is 30.3 Å². The first-order valence-electron chi connectivity index (χ1n) is 9.22. The number of anilines is 2. The predicted molar refractivity (Wildman–Crippen MR) is 105 cm³/mol. The van der Waals surface area contributed by atoms with Crippen molar-refractivity contribution in [2.24, 2.45) is 0 Å². The Morgan fingerprint density at radius 1 is 1.17 bits per heavy atom. The number of hydrogen-bond acceptors (Lipinski definition) is 4. The molecule has 0 fully saturated rings. The van der Waals surface area contributed by atoms with Crippen molar-refractivity contribution in [2.45, 2.75) is 19.5 Å². The summed E-state index contributed by atoms with van der Waals surface area (Å²) in [4.78, 5) is 26.7. The Kier molecular flexibility index (Phi) is 4.99. The fraction of sp³-hybridized carbons (Fsp3) is 0.190. The minimum Gasteiger partial charge on any atom is -0.461 e. The summed E-state index contributed by atoms with van der Waals surface area (Å²) in [6, 6.07) is 15.9. The van der Waals surface area contributed by atoms with Gasteiger partial charge in [-0.2, -0.15) is 5.10 Å². The van der Waals surface area contributed by atoms with Crippen LogP contribution in [0.5, 0.6) is 0 Å². The number of nitrogens with one attached hydrogen (secondary N) is 1. The van der Waals surface area contributed by atoms with Gasteiger partial charge in [0.15, 0.2) is 5.69 Å². The van der Waals surface area contributed by atoms with Crippen molar-refractivity contribution in [3.8, 4) is 0 Å². The van der Waals surface area contributed by atoms with Crippen molar-refractivity contribution in [1.82, 2.24) is 9.78 Å². The summed E-state index contributed by atoms with van der Waals surface area (Å²) < 4.78 is 19.8. The molecule has 1 aliphatic rings. The van der Waals surface area contributed by atoms with Crippen LogP contribution in [0.15, 0.2) is 60.7 Å². The smallest absolute Gasteiger partial charge is 0.358 e. The van der Waals surface area contributed by atoms with E-state index >= 15 is 0 Å². The lowest BCUT2D eigenvalue weighted by atomic mass is 10.1. The highest BCUT2D eigenvalue weighted by Gasteiger charge is 2.37. The van der Waals surface area contributed by atoms with E-state index in [0.29, 0.717) is 18.1 Å². The standard InChI is InChI=1S/C21H19FN4O3/c1-2-29-20(27)17-12-19-25(24-17)13-18(14-6-4-3-5-7-14)26(19)21(28)23-16-10-8-15(22)9-11-16/h3-12,18H,2,13H2,1H3,(H,23,28). The molecule has 7 nitrogen and oxygen atoms in total. The number of nitrogens with zero attached hydrogens (tertiary/aromatic N) is 3. The molecule has 0 spiro atoms. The molecule has 0 saturated heterocycles. The normalized spacial score (nSPS) is 15.1. The highest BCUT2D eigenvalue weighted by atomic mass is 19.1. The number of ether oxygens (including phenoxy) is 1. The Morgan fingerprint density at radius 2 is 1.90 bits per heavy atom. The molecule has 1 unspecified atom stereocenters. The van der Waals surface area contributed by atoms with Crippen LogP contribution in [0.25, 0.3) is 0 Å². The summed E-state index contributed by atoms with van der Waals surface area (Å²) in [5, 5.41) is 7.09. The van der Waals surface area contributed by atoms with E-state index < -0.39 is 12.0 Å². The lowest BCUT2D eigenvalue weighted by molar-refractivity contribution is 0.0518. The van der Waals surface area contributed by atoms with Gasteiger partial charge in [-0.05, 0) is 36.8 Å². The molecule has 2 heterocycles. The molecule has 2 amide bonds. The number of aromatic nitrogens is 2. The molecular weight excluding hydrogens is 375 g/mol. The molecule has 1 aliphatic heterocycles. The minimum absolute atomic E-state index is 0.146. The van der Waals surface area contributed by atoms with Crippen LogP contribution in [-0.4, -0.2) is 28.4 Å². The zero-order chi connectivity index (χ0) is 20.4. The fourth-order valence-electron chi connectivity index (χ4n) is 3.34. The molecule has 4 rings (SSSR count). The Labute approximate surface area is 166 Å². The lowest BCUT2D eigenvalue weighted by Crippen LogP contribution is -2.36. The Bertz CT molecular complexity index is 1030. The summed E-state index contributed by atoms with van der Waals surface area (Å²) >= 11 is 0. The topological polar surface area (TPSA) is 76.5 Å². The minimum atomic E-state index is -0.537. The maximum atomic E-state index is 13.2. The highest BCUT2D eigenvalue weighted by molar-refractivity contribution is 6.03. The zero-order valence-corrected chi connectivity index (χ0v) is 15.7. The summed E-state index contributed by atoms with van der Waals surface area (Å²) in [5.41, 5.74) is 1.55. The molecule has 1 N–H and O–H groups in total. The maximum Gasteiger partial charge on any atom is 0.358 e. The van der Waals surface area contributed by atoms with E-state index in [2.05, 4.69) is 10.4 Å². The second-order valence-electron chi connectivity index (χ2n) is 6.52. The number of carbonyl (C=O) groups is 2. The van der Waals surface area contributed by atoms with Crippen molar-refractivity contribution in [1.29, 1.82) is 0 Å². The van der Waals surface area contributed by atoms with Gasteiger partial charge in [0, 0.05) is 11.8 Å². The number of rotatable bonds is 4. The molecule has 1 aromatic heterocycles. The van der Waals surface area contributed by atoms with Gasteiger partial charge in [0.2, 0.25) is 0 Å². The Morgan fingerprint density at radius 3 is 2.59 bits per heavy atom. The van der Waals surface area contributed by atoms with Crippen LogP contribution in [0.1, 0.15) is 29.0 Å². The van der Waals surface area contributed by atoms with E-state index in [1.54, 1.807) is 22.6 Å². The fourth-order valence-corrected chi connectivity index (χ4v) is 3.34. The van der Waals surface area contributed by atoms with Crippen molar-refractivity contribution in [2.75, 3.05) is 16.8 Å². The van der Waals surface area contributed by atoms with Crippen molar-refractivity contribution in [3.05, 3.63) is 77.7 Å². The molecule has 148 valence electrons. The highest BCUT2D eigenvalue weighted by Crippen LogP contribution is 2.36. The van der Waals surface area contributed by atoms with Gasteiger partial charge in [-0.25, -0.2) is 18.7 Å². The number of fused-ring (bicyclic) bond motifs is 1. The van der Waals surface area contributed by atoms with E-state index in [0.717, 1.165) is 5.56 Å². The van der Waals surface area contributed by atoms with Crippen LogP contribution in [0.2, 0.25) is 0 Å². The van der Waals surface area contributed by atoms with Crippen LogP contribution < -0.4 is 10.2 Å². The van der Waals surface area contributed by atoms with Gasteiger partial charge >= 0.3 is 12.0 Å². The first kappa shape index (κ1) is 18.7. The van der Waals surface area contributed by atoms with Gasteiger partial charge in [0.25, 0.3) is 0 Å². The first-order chi connectivity index (χ1) is 14.1. The zero-order valence-electron chi connectivity index (χ0n) is 15.7. The summed E-state index contributed by atoms with van der Waals surface area (Å²) in [5.74, 6) is -0.436. The van der Waals surface area contributed by atoms with Crippen molar-refractivity contribution in [3.63, 3.8) is 0 Å². The Balaban J connectivity index is 1.67. The van der Waals surface area contributed by atoms with Crippen LogP contribution in [0.3, 0.4) is 0 Å². The molecule has 3 aromatic rings. The molecule has 0 saturated carbocycles. The number of halogens is 1. The van der Waals surface area contributed by atoms with Gasteiger partial charge in [-0.15, -0.1) is 0 Å². The third-order valence-corrected chi connectivity index (χ3v) is 4.65. The van der Waals surface area contributed by atoms with Crippen molar-refractivity contribution < 1.29 is 18.7 Å². The molecule has 29 heavy (non-hydrogen) atoms.